The van der Waals surface area contributed by atoms with E-state index in [4.69, 9.17) is 0 Å². The summed E-state index contributed by atoms with van der Waals surface area (Å²) >= 11 is 0. The van der Waals surface area contributed by atoms with Gasteiger partial charge >= 0.3 is 62.2 Å². The molecule has 0 aliphatic heterocycles. The first-order valence-corrected chi connectivity index (χ1v) is 4.50. The Hall–Kier alpha value is -0.270. The third-order valence-corrected chi connectivity index (χ3v) is 3.06. The van der Waals surface area contributed by atoms with E-state index in [2.05, 4.69) is 0 Å². The van der Waals surface area contributed by atoms with Crippen LogP contribution >= 0.6 is 7.19 Å². The van der Waals surface area contributed by atoms with E-state index in [0.717, 1.165) is 0 Å². The Morgan fingerprint density at radius 2 is 0.692 bits per heavy atom. The molecule has 84 valence electrons. The predicted molar refractivity (Wildman–Crippen MR) is 23.5 cm³/mol. The van der Waals surface area contributed by atoms with Gasteiger partial charge in [-0.3, -0.25) is 0 Å². The molecule has 0 rings (SSSR count). The van der Waals surface area contributed by atoms with E-state index in [9.17, 15) is 43.1 Å². The Morgan fingerprint density at radius 1 is 0.538 bits per heavy atom. The summed E-state index contributed by atoms with van der Waals surface area (Å²) in [5.41, 5.74) is 0. The third-order valence-electron chi connectivity index (χ3n) is 1.02. The molecule has 0 aromatic heterocycles. The molecule has 0 saturated heterocycles. The van der Waals surface area contributed by atoms with Crippen LogP contribution in [0.3, 0.4) is 0 Å². The standard InChI is InChI=1S/C2F10P/c3-1(4,5)13(9,10,11,12)2(6,7)8/q-1. The van der Waals surface area contributed by atoms with Crippen LogP contribution in [-0.4, -0.2) is 11.8 Å². The van der Waals surface area contributed by atoms with Gasteiger partial charge in [0.05, 0.1) is 0 Å². The molecule has 0 aliphatic rings. The molecule has 13 heavy (non-hydrogen) atoms. The van der Waals surface area contributed by atoms with Crippen molar-refractivity contribution in [2.75, 3.05) is 0 Å². The van der Waals surface area contributed by atoms with E-state index in [1.165, 1.54) is 0 Å². The topological polar surface area (TPSA) is 0 Å². The number of alkyl halides is 6. The zero-order valence-corrected chi connectivity index (χ0v) is 6.12. The van der Waals surface area contributed by atoms with E-state index in [1.807, 2.05) is 0 Å². The van der Waals surface area contributed by atoms with Crippen LogP contribution in [0.5, 0.6) is 0 Å². The zero-order chi connectivity index (χ0) is 11.4. The van der Waals surface area contributed by atoms with Crippen molar-refractivity contribution >= 4 is 7.19 Å². The van der Waals surface area contributed by atoms with E-state index in [-0.39, 0.29) is 0 Å². The summed E-state index contributed by atoms with van der Waals surface area (Å²) < 4.78 is 111. The van der Waals surface area contributed by atoms with Gasteiger partial charge in [0.25, 0.3) is 0 Å². The number of rotatable bonds is 0. The molecule has 0 bridgehead atoms. The van der Waals surface area contributed by atoms with Crippen LogP contribution < -0.4 is 0 Å². The van der Waals surface area contributed by atoms with Crippen LogP contribution in [0.1, 0.15) is 0 Å². The molecule has 0 unspecified atom stereocenters. The molecule has 0 aromatic carbocycles. The molecule has 0 spiro atoms. The van der Waals surface area contributed by atoms with Gasteiger partial charge < -0.3 is 0 Å². The van der Waals surface area contributed by atoms with Gasteiger partial charge in [-0.1, -0.05) is 0 Å². The summed E-state index contributed by atoms with van der Waals surface area (Å²) in [6.07, 6.45) is 0. The van der Waals surface area contributed by atoms with Crippen molar-refractivity contribution in [1.82, 2.24) is 0 Å². The SMILES string of the molecule is FC(F)(F)[P-](F)(F)(F)(F)C(F)(F)F. The third kappa shape index (κ3) is 1.26. The number of hydrogen-bond acceptors (Lipinski definition) is 0. The summed E-state index contributed by atoms with van der Waals surface area (Å²) in [5, 5.41) is 0. The van der Waals surface area contributed by atoms with Gasteiger partial charge in [0, 0.05) is 0 Å². The normalized spacial score (nSPS) is 20.8. The van der Waals surface area contributed by atoms with E-state index in [0.29, 0.717) is 0 Å². The average Bonchev–Trinajstić information content (AvgIpc) is 1.51. The van der Waals surface area contributed by atoms with Gasteiger partial charge in [-0.05, 0) is 0 Å². The van der Waals surface area contributed by atoms with Crippen molar-refractivity contribution in [3.63, 3.8) is 0 Å². The Labute approximate surface area is 63.5 Å². The summed E-state index contributed by atoms with van der Waals surface area (Å²) in [4.78, 5) is 0. The minimum atomic E-state index is -12.3. The van der Waals surface area contributed by atoms with Crippen molar-refractivity contribution < 1.29 is 43.1 Å². The minimum absolute atomic E-state index is 7.90. The fourth-order valence-electron chi connectivity index (χ4n) is 0.144. The molecular weight excluding hydrogens is 245 g/mol. The Bertz CT molecular complexity index is 199. The summed E-state index contributed by atoms with van der Waals surface area (Å²) in [6, 6.07) is 0. The van der Waals surface area contributed by atoms with Gasteiger partial charge in [0.15, 0.2) is 0 Å². The van der Waals surface area contributed by atoms with E-state index >= 15 is 0 Å². The second kappa shape index (κ2) is 1.89. The predicted octanol–water partition coefficient (Wildman–Crippen LogP) is 4.65. The fourth-order valence-corrected chi connectivity index (χ4v) is 0.431. The molecule has 0 saturated carbocycles. The molecular formula is C2F10P-. The van der Waals surface area contributed by atoms with Gasteiger partial charge in [-0.25, -0.2) is 0 Å². The van der Waals surface area contributed by atoms with Crippen molar-refractivity contribution in [1.29, 1.82) is 0 Å². The molecule has 0 heterocycles. The van der Waals surface area contributed by atoms with E-state index < -0.39 is 19.0 Å². The summed E-state index contributed by atoms with van der Waals surface area (Å²) in [5.74, 6) is -15.8. The molecule has 0 aromatic rings. The van der Waals surface area contributed by atoms with Crippen LogP contribution in [0, 0.1) is 0 Å². The average molecular weight is 245 g/mol. The quantitative estimate of drug-likeness (QED) is 0.430. The second-order valence-electron chi connectivity index (χ2n) is 2.11. The molecule has 0 amide bonds. The maximum atomic E-state index is 11.4. The number of hydrogen-bond donors (Lipinski definition) is 0. The molecule has 0 aliphatic carbocycles. The second-order valence-corrected chi connectivity index (χ2v) is 5.46. The first-order chi connectivity index (χ1) is 5.04. The first-order valence-electron chi connectivity index (χ1n) is 2.26. The van der Waals surface area contributed by atoms with Crippen LogP contribution in [0.2, 0.25) is 0 Å². The van der Waals surface area contributed by atoms with Crippen molar-refractivity contribution in [3.05, 3.63) is 0 Å². The number of halogens is 10. The summed E-state index contributed by atoms with van der Waals surface area (Å²) in [7, 11) is -12.3. The van der Waals surface area contributed by atoms with Gasteiger partial charge in [-0.2, -0.15) is 0 Å². The van der Waals surface area contributed by atoms with Gasteiger partial charge in [0.1, 0.15) is 0 Å². The Kier molecular flexibility index (Phi) is 1.85. The summed E-state index contributed by atoms with van der Waals surface area (Å²) in [6.45, 7) is 0. The zero-order valence-electron chi connectivity index (χ0n) is 5.23. The molecule has 0 radical (unpaired) electrons. The Morgan fingerprint density at radius 3 is 0.692 bits per heavy atom. The molecule has 0 nitrogen and oxygen atoms in total. The molecule has 11 heteroatoms. The fraction of sp³-hybridized carbons (Fsp3) is 1.00. The van der Waals surface area contributed by atoms with Crippen molar-refractivity contribution in [3.8, 4) is 0 Å². The van der Waals surface area contributed by atoms with E-state index in [1.54, 1.807) is 0 Å². The maximum absolute atomic E-state index is 12.3. The Balaban J connectivity index is 5.86. The van der Waals surface area contributed by atoms with Crippen LogP contribution in [0.15, 0.2) is 0 Å². The van der Waals surface area contributed by atoms with Crippen molar-refractivity contribution in [2.24, 2.45) is 0 Å². The molecule has 0 atom stereocenters. The monoisotopic (exact) mass is 245 g/mol. The van der Waals surface area contributed by atoms with Crippen LogP contribution in [-0.2, 0) is 0 Å². The van der Waals surface area contributed by atoms with Crippen LogP contribution in [0.4, 0.5) is 43.1 Å². The van der Waals surface area contributed by atoms with Crippen molar-refractivity contribution in [2.45, 2.75) is 11.8 Å². The van der Waals surface area contributed by atoms with Gasteiger partial charge in [-0.15, -0.1) is 0 Å². The molecule has 0 fully saturated rings. The first kappa shape index (κ1) is 12.7. The molecule has 0 N–H and O–H groups in total. The van der Waals surface area contributed by atoms with Crippen LogP contribution in [0.25, 0.3) is 0 Å². The van der Waals surface area contributed by atoms with Gasteiger partial charge in [0.2, 0.25) is 0 Å².